The molecule has 1 aliphatic rings. The van der Waals surface area contributed by atoms with E-state index in [0.29, 0.717) is 6.42 Å². The lowest BCUT2D eigenvalue weighted by Crippen LogP contribution is -2.49. The lowest BCUT2D eigenvalue weighted by molar-refractivity contribution is -0.342. The van der Waals surface area contributed by atoms with Crippen molar-refractivity contribution in [1.82, 2.24) is 0 Å². The maximum absolute atomic E-state index is 12.7. The number of hydrogen-bond acceptors (Lipinski definition) is 3. The summed E-state index contributed by atoms with van der Waals surface area (Å²) in [4.78, 5) is 12.7. The molecule has 0 bridgehead atoms. The highest BCUT2D eigenvalue weighted by atomic mass is 16.7. The highest BCUT2D eigenvalue weighted by Gasteiger charge is 2.46. The Balaban J connectivity index is 1.90. The van der Waals surface area contributed by atoms with Crippen molar-refractivity contribution in [3.63, 3.8) is 0 Å². The van der Waals surface area contributed by atoms with Gasteiger partial charge in [0.15, 0.2) is 11.6 Å². The molecule has 132 valence electrons. The van der Waals surface area contributed by atoms with Gasteiger partial charge in [-0.05, 0) is 20.3 Å². The van der Waals surface area contributed by atoms with Crippen LogP contribution in [-0.2, 0) is 15.3 Å². The lowest BCUT2D eigenvalue weighted by atomic mass is 9.86. The van der Waals surface area contributed by atoms with E-state index in [2.05, 4.69) is 13.8 Å². The molecular formula is C22H26O3. The Morgan fingerprint density at radius 3 is 2.08 bits per heavy atom. The predicted octanol–water partition coefficient (Wildman–Crippen LogP) is 4.96. The normalized spacial score (nSPS) is 27.6. The van der Waals surface area contributed by atoms with Crippen LogP contribution in [-0.4, -0.2) is 18.0 Å². The van der Waals surface area contributed by atoms with Crippen molar-refractivity contribution in [3.8, 4) is 0 Å². The van der Waals surface area contributed by atoms with Crippen LogP contribution < -0.4 is 0 Å². The van der Waals surface area contributed by atoms with Gasteiger partial charge in [0.25, 0.3) is 0 Å². The topological polar surface area (TPSA) is 35.5 Å². The summed E-state index contributed by atoms with van der Waals surface area (Å²) < 4.78 is 12.7. The minimum atomic E-state index is -0.886. The first-order chi connectivity index (χ1) is 12.0. The van der Waals surface area contributed by atoms with Gasteiger partial charge in [-0.25, -0.2) is 0 Å². The molecule has 1 fully saturated rings. The zero-order valence-electron chi connectivity index (χ0n) is 15.1. The average Bonchev–Trinajstić information content (AvgIpc) is 2.62. The van der Waals surface area contributed by atoms with Gasteiger partial charge in [-0.3, -0.25) is 4.79 Å². The Kier molecular flexibility index (Phi) is 5.36. The second kappa shape index (κ2) is 7.51. The summed E-state index contributed by atoms with van der Waals surface area (Å²) in [5.74, 6) is -0.878. The number of ether oxygens (including phenoxy) is 2. The van der Waals surface area contributed by atoms with E-state index in [0.717, 1.165) is 17.5 Å². The van der Waals surface area contributed by atoms with Crippen molar-refractivity contribution in [1.29, 1.82) is 0 Å². The van der Waals surface area contributed by atoms with E-state index in [1.807, 2.05) is 67.6 Å². The summed E-state index contributed by atoms with van der Waals surface area (Å²) in [6.07, 6.45) is 1.39. The Morgan fingerprint density at radius 2 is 1.52 bits per heavy atom. The Labute approximate surface area is 150 Å². The largest absolute Gasteiger partial charge is 0.342 e. The summed E-state index contributed by atoms with van der Waals surface area (Å²) in [5.41, 5.74) is 1.70. The van der Waals surface area contributed by atoms with Crippen molar-refractivity contribution >= 4 is 5.78 Å². The molecule has 2 aromatic carbocycles. The van der Waals surface area contributed by atoms with Gasteiger partial charge < -0.3 is 9.47 Å². The molecule has 3 rings (SSSR count). The second-order valence-corrected chi connectivity index (χ2v) is 7.02. The number of Topliss-reactive ketones (excluding diaryl/α,β-unsaturated/α-hetero) is 1. The van der Waals surface area contributed by atoms with E-state index in [-0.39, 0.29) is 23.9 Å². The molecule has 0 unspecified atom stereocenters. The minimum Gasteiger partial charge on any atom is -0.342 e. The smallest absolute Gasteiger partial charge is 0.198 e. The highest BCUT2D eigenvalue weighted by Crippen LogP contribution is 2.43. The predicted molar refractivity (Wildman–Crippen MR) is 98.4 cm³/mol. The van der Waals surface area contributed by atoms with Crippen LogP contribution >= 0.6 is 0 Å². The number of benzene rings is 2. The third kappa shape index (κ3) is 3.83. The molecule has 1 heterocycles. The average molecular weight is 338 g/mol. The first-order valence-electron chi connectivity index (χ1n) is 9.00. The van der Waals surface area contributed by atoms with Crippen LogP contribution in [0, 0.1) is 5.92 Å². The van der Waals surface area contributed by atoms with Crippen LogP contribution in [0.1, 0.15) is 49.5 Å². The van der Waals surface area contributed by atoms with Crippen molar-refractivity contribution in [2.24, 2.45) is 5.92 Å². The maximum Gasteiger partial charge on any atom is 0.198 e. The summed E-state index contributed by atoms with van der Waals surface area (Å²) in [5, 5.41) is 0. The Hall–Kier alpha value is -1.97. The van der Waals surface area contributed by atoms with Crippen LogP contribution in [0.3, 0.4) is 0 Å². The molecule has 1 aliphatic heterocycles. The number of ketones is 1. The van der Waals surface area contributed by atoms with Gasteiger partial charge in [0.2, 0.25) is 0 Å². The standard InChI is InChI=1S/C22H26O3/c1-16(14-21(23)19-10-6-4-7-11-19)22(20-12-8-5-9-13-20)24-17(2)15-18(3)25-22/h4-13,16-18H,14-15H2,1-3H3/t16-,17+,18+/m0/s1. The molecule has 25 heavy (non-hydrogen) atoms. The number of rotatable bonds is 5. The van der Waals surface area contributed by atoms with E-state index in [9.17, 15) is 4.79 Å². The van der Waals surface area contributed by atoms with Crippen molar-refractivity contribution < 1.29 is 14.3 Å². The molecule has 2 aromatic rings. The highest BCUT2D eigenvalue weighted by molar-refractivity contribution is 5.96. The fourth-order valence-corrected chi connectivity index (χ4v) is 3.67. The van der Waals surface area contributed by atoms with Gasteiger partial charge in [0.1, 0.15) is 0 Å². The fourth-order valence-electron chi connectivity index (χ4n) is 3.67. The summed E-state index contributed by atoms with van der Waals surface area (Å²) in [7, 11) is 0. The monoisotopic (exact) mass is 338 g/mol. The van der Waals surface area contributed by atoms with Gasteiger partial charge in [-0.15, -0.1) is 0 Å². The van der Waals surface area contributed by atoms with Gasteiger partial charge >= 0.3 is 0 Å². The SMILES string of the molecule is C[C@@H]1C[C@@H](C)OC(c2ccccc2)([C@@H](C)CC(=O)c2ccccc2)O1. The molecule has 3 heteroatoms. The van der Waals surface area contributed by atoms with E-state index < -0.39 is 5.79 Å². The first-order valence-corrected chi connectivity index (χ1v) is 9.00. The molecule has 0 aliphatic carbocycles. The molecule has 3 atom stereocenters. The molecular weight excluding hydrogens is 312 g/mol. The van der Waals surface area contributed by atoms with Crippen LogP contribution in [0.4, 0.5) is 0 Å². The third-order valence-electron chi connectivity index (χ3n) is 4.83. The molecule has 0 saturated carbocycles. The third-order valence-corrected chi connectivity index (χ3v) is 4.83. The summed E-state index contributed by atoms with van der Waals surface area (Å²) in [6, 6.07) is 19.4. The molecule has 3 nitrogen and oxygen atoms in total. The lowest BCUT2D eigenvalue weighted by Gasteiger charge is -2.46. The molecule has 0 amide bonds. The minimum absolute atomic E-state index is 0.0817. The number of carbonyl (C=O) groups excluding carboxylic acids is 1. The van der Waals surface area contributed by atoms with Crippen LogP contribution in [0.5, 0.6) is 0 Å². The van der Waals surface area contributed by atoms with E-state index >= 15 is 0 Å². The summed E-state index contributed by atoms with van der Waals surface area (Å²) >= 11 is 0. The Morgan fingerprint density at radius 1 is 1.00 bits per heavy atom. The van der Waals surface area contributed by atoms with Crippen molar-refractivity contribution in [2.45, 2.75) is 51.6 Å². The molecule has 0 aromatic heterocycles. The van der Waals surface area contributed by atoms with Gasteiger partial charge in [0, 0.05) is 23.5 Å². The molecule has 0 radical (unpaired) electrons. The molecule has 0 N–H and O–H groups in total. The fraction of sp³-hybridized carbons (Fsp3) is 0.409. The van der Waals surface area contributed by atoms with Gasteiger partial charge in [0.05, 0.1) is 12.2 Å². The number of carbonyl (C=O) groups is 1. The number of hydrogen-bond donors (Lipinski definition) is 0. The quantitative estimate of drug-likeness (QED) is 0.723. The van der Waals surface area contributed by atoms with Crippen LogP contribution in [0.2, 0.25) is 0 Å². The van der Waals surface area contributed by atoms with E-state index in [1.54, 1.807) is 0 Å². The summed E-state index contributed by atoms with van der Waals surface area (Å²) in [6.45, 7) is 6.18. The van der Waals surface area contributed by atoms with Crippen LogP contribution in [0.25, 0.3) is 0 Å². The van der Waals surface area contributed by atoms with Gasteiger partial charge in [-0.2, -0.15) is 0 Å². The first kappa shape index (κ1) is 17.8. The maximum atomic E-state index is 12.7. The van der Waals surface area contributed by atoms with Gasteiger partial charge in [-0.1, -0.05) is 67.6 Å². The van der Waals surface area contributed by atoms with E-state index in [4.69, 9.17) is 9.47 Å². The Bertz CT molecular complexity index is 686. The molecule has 1 saturated heterocycles. The second-order valence-electron chi connectivity index (χ2n) is 7.02. The molecule has 0 spiro atoms. The zero-order chi connectivity index (χ0) is 17.9. The van der Waals surface area contributed by atoms with E-state index in [1.165, 1.54) is 0 Å². The van der Waals surface area contributed by atoms with Crippen molar-refractivity contribution in [3.05, 3.63) is 71.8 Å². The van der Waals surface area contributed by atoms with Crippen molar-refractivity contribution in [2.75, 3.05) is 0 Å². The zero-order valence-corrected chi connectivity index (χ0v) is 15.1. The van der Waals surface area contributed by atoms with Crippen LogP contribution in [0.15, 0.2) is 60.7 Å².